The smallest absolute Gasteiger partial charge is 0.227 e. The van der Waals surface area contributed by atoms with Crippen LogP contribution in [0.2, 0.25) is 0 Å². The summed E-state index contributed by atoms with van der Waals surface area (Å²) in [5.41, 5.74) is 0.325. The molecular formula is C18H22F2N2O2. The Balaban J connectivity index is 1.73. The number of rotatable bonds is 4. The molecule has 3 aliphatic heterocycles. The number of halogens is 2. The van der Waals surface area contributed by atoms with Gasteiger partial charge in [0, 0.05) is 31.7 Å². The van der Waals surface area contributed by atoms with Crippen molar-refractivity contribution in [1.82, 2.24) is 9.80 Å². The van der Waals surface area contributed by atoms with Crippen LogP contribution in [0.15, 0.2) is 18.2 Å². The molecular weight excluding hydrogens is 314 g/mol. The Morgan fingerprint density at radius 3 is 2.54 bits per heavy atom. The predicted octanol–water partition coefficient (Wildman–Crippen LogP) is 2.37. The molecule has 24 heavy (non-hydrogen) atoms. The minimum atomic E-state index is -0.682. The molecule has 0 unspecified atom stereocenters. The van der Waals surface area contributed by atoms with E-state index in [0.29, 0.717) is 18.7 Å². The van der Waals surface area contributed by atoms with Gasteiger partial charge in [0.1, 0.15) is 11.6 Å². The first-order chi connectivity index (χ1) is 11.5. The number of hydrogen-bond acceptors (Lipinski definition) is 2. The third-order valence-corrected chi connectivity index (χ3v) is 4.89. The lowest BCUT2D eigenvalue weighted by Crippen LogP contribution is -2.48. The summed E-state index contributed by atoms with van der Waals surface area (Å²) in [6.07, 6.45) is 2.57. The van der Waals surface area contributed by atoms with E-state index in [0.717, 1.165) is 31.9 Å². The molecule has 0 spiro atoms. The second-order valence-electron chi connectivity index (χ2n) is 6.71. The highest BCUT2D eigenvalue weighted by atomic mass is 19.1. The molecule has 0 N–H and O–H groups in total. The Kier molecular flexibility index (Phi) is 4.83. The highest BCUT2D eigenvalue weighted by molar-refractivity contribution is 5.84. The van der Waals surface area contributed by atoms with Crippen molar-refractivity contribution in [2.75, 3.05) is 19.6 Å². The van der Waals surface area contributed by atoms with E-state index in [2.05, 4.69) is 0 Å². The van der Waals surface area contributed by atoms with E-state index < -0.39 is 11.6 Å². The van der Waals surface area contributed by atoms with Crippen molar-refractivity contribution in [2.24, 2.45) is 5.92 Å². The summed E-state index contributed by atoms with van der Waals surface area (Å²) >= 11 is 0. The second-order valence-corrected chi connectivity index (χ2v) is 6.71. The Bertz CT molecular complexity index is 630. The van der Waals surface area contributed by atoms with Crippen LogP contribution in [0.3, 0.4) is 0 Å². The summed E-state index contributed by atoms with van der Waals surface area (Å²) in [6.45, 7) is 3.68. The summed E-state index contributed by atoms with van der Waals surface area (Å²) < 4.78 is 26.6. The molecule has 130 valence electrons. The maximum atomic E-state index is 13.3. The van der Waals surface area contributed by atoms with Crippen molar-refractivity contribution < 1.29 is 18.4 Å². The van der Waals surface area contributed by atoms with Crippen LogP contribution in [-0.2, 0) is 16.0 Å². The largest absolute Gasteiger partial charge is 0.340 e. The van der Waals surface area contributed by atoms with E-state index in [9.17, 15) is 18.4 Å². The van der Waals surface area contributed by atoms with Crippen molar-refractivity contribution in [2.45, 2.75) is 38.6 Å². The lowest BCUT2D eigenvalue weighted by Gasteiger charge is -2.35. The number of benzene rings is 1. The van der Waals surface area contributed by atoms with Gasteiger partial charge in [-0.05, 0) is 37.0 Å². The van der Waals surface area contributed by atoms with Gasteiger partial charge in [0.15, 0.2) is 0 Å². The maximum absolute atomic E-state index is 13.3. The molecule has 2 amide bonds. The van der Waals surface area contributed by atoms with Crippen LogP contribution >= 0.6 is 0 Å². The van der Waals surface area contributed by atoms with E-state index in [1.165, 1.54) is 12.1 Å². The Hall–Kier alpha value is -1.98. The number of carbonyl (C=O) groups is 2. The molecule has 3 fully saturated rings. The molecule has 1 aromatic carbocycles. The van der Waals surface area contributed by atoms with Crippen molar-refractivity contribution in [3.63, 3.8) is 0 Å². The minimum absolute atomic E-state index is 0.0455. The summed E-state index contributed by atoms with van der Waals surface area (Å²) in [7, 11) is 0. The van der Waals surface area contributed by atoms with Crippen LogP contribution in [-0.4, -0.2) is 47.3 Å². The third-order valence-electron chi connectivity index (χ3n) is 4.89. The van der Waals surface area contributed by atoms with Crippen molar-refractivity contribution in [3.05, 3.63) is 35.4 Å². The number of nitrogens with zero attached hydrogens (tertiary/aromatic N) is 2. The fourth-order valence-electron chi connectivity index (χ4n) is 3.78. The van der Waals surface area contributed by atoms with E-state index >= 15 is 0 Å². The molecule has 0 aliphatic carbocycles. The Labute approximate surface area is 140 Å². The zero-order valence-electron chi connectivity index (χ0n) is 13.8. The molecule has 1 aromatic rings. The zero-order valence-corrected chi connectivity index (χ0v) is 13.8. The zero-order chi connectivity index (χ0) is 17.3. The van der Waals surface area contributed by atoms with Crippen LogP contribution in [0, 0.1) is 17.6 Å². The lowest BCUT2D eigenvalue weighted by molar-refractivity contribution is -0.139. The minimum Gasteiger partial charge on any atom is -0.340 e. The normalized spacial score (nSPS) is 23.5. The van der Waals surface area contributed by atoms with Crippen molar-refractivity contribution in [3.8, 4) is 0 Å². The molecule has 3 heterocycles. The van der Waals surface area contributed by atoms with Crippen LogP contribution in [0.5, 0.6) is 0 Å². The summed E-state index contributed by atoms with van der Waals surface area (Å²) in [5, 5.41) is 0. The third kappa shape index (κ3) is 3.42. The molecule has 2 bridgehead atoms. The van der Waals surface area contributed by atoms with Crippen LogP contribution in [0.25, 0.3) is 0 Å². The fourth-order valence-corrected chi connectivity index (χ4v) is 3.78. The van der Waals surface area contributed by atoms with Gasteiger partial charge in [-0.1, -0.05) is 6.92 Å². The highest BCUT2D eigenvalue weighted by Crippen LogP contribution is 2.29. The number of fused-ring (bicyclic) bond motifs is 4. The van der Waals surface area contributed by atoms with Gasteiger partial charge in [-0.25, -0.2) is 8.78 Å². The molecule has 0 aromatic heterocycles. The van der Waals surface area contributed by atoms with Gasteiger partial charge in [0.25, 0.3) is 0 Å². The molecule has 3 saturated heterocycles. The topological polar surface area (TPSA) is 40.6 Å². The summed E-state index contributed by atoms with van der Waals surface area (Å²) in [5.74, 6) is -1.55. The first kappa shape index (κ1) is 16.9. The Morgan fingerprint density at radius 2 is 1.88 bits per heavy atom. The SMILES string of the molecule is CCCN1C(=O)[C@@H]2CC[C@H]1CN(C(=O)Cc1cc(F)cc(F)c1)C2. The molecule has 4 nitrogen and oxygen atoms in total. The molecule has 2 atom stereocenters. The van der Waals surface area contributed by atoms with Crippen molar-refractivity contribution >= 4 is 11.8 Å². The molecule has 4 rings (SSSR count). The van der Waals surface area contributed by atoms with Gasteiger partial charge in [-0.3, -0.25) is 9.59 Å². The fraction of sp³-hybridized carbons (Fsp3) is 0.556. The summed E-state index contributed by atoms with van der Waals surface area (Å²) in [4.78, 5) is 28.7. The Morgan fingerprint density at radius 1 is 1.17 bits per heavy atom. The summed E-state index contributed by atoms with van der Waals surface area (Å²) in [6, 6.07) is 3.22. The highest BCUT2D eigenvalue weighted by Gasteiger charge is 2.41. The molecule has 0 saturated carbocycles. The van der Waals surface area contributed by atoms with Crippen LogP contribution in [0.1, 0.15) is 31.7 Å². The standard InChI is InChI=1S/C18H22F2N2O2/c1-2-5-22-16-4-3-13(18(22)24)10-21(11-16)17(23)8-12-6-14(19)9-15(20)7-12/h6-7,9,13,16H,2-5,8,10-11H2,1H3/t13-,16+/m1/s1. The molecule has 3 aliphatic rings. The van der Waals surface area contributed by atoms with E-state index in [1.54, 1.807) is 4.90 Å². The maximum Gasteiger partial charge on any atom is 0.227 e. The van der Waals surface area contributed by atoms with E-state index in [4.69, 9.17) is 0 Å². The number of piperidine rings is 1. The van der Waals surface area contributed by atoms with Crippen LogP contribution < -0.4 is 0 Å². The number of carbonyl (C=O) groups excluding carboxylic acids is 2. The average molecular weight is 336 g/mol. The lowest BCUT2D eigenvalue weighted by atomic mass is 9.94. The van der Waals surface area contributed by atoms with Crippen LogP contribution in [0.4, 0.5) is 8.78 Å². The van der Waals surface area contributed by atoms with Gasteiger partial charge < -0.3 is 9.80 Å². The monoisotopic (exact) mass is 336 g/mol. The average Bonchev–Trinajstić information content (AvgIpc) is 2.79. The molecule has 0 radical (unpaired) electrons. The quantitative estimate of drug-likeness (QED) is 0.847. The van der Waals surface area contributed by atoms with Gasteiger partial charge in [-0.15, -0.1) is 0 Å². The van der Waals surface area contributed by atoms with Gasteiger partial charge in [0.05, 0.1) is 12.3 Å². The number of hydrogen-bond donors (Lipinski definition) is 0. The predicted molar refractivity (Wildman–Crippen MR) is 85.2 cm³/mol. The first-order valence-electron chi connectivity index (χ1n) is 8.51. The van der Waals surface area contributed by atoms with Gasteiger partial charge in [0.2, 0.25) is 11.8 Å². The van der Waals surface area contributed by atoms with E-state index in [-0.39, 0.29) is 30.2 Å². The van der Waals surface area contributed by atoms with Crippen molar-refractivity contribution in [1.29, 1.82) is 0 Å². The van der Waals surface area contributed by atoms with E-state index in [1.807, 2.05) is 11.8 Å². The van der Waals surface area contributed by atoms with Gasteiger partial charge in [-0.2, -0.15) is 0 Å². The van der Waals surface area contributed by atoms with Gasteiger partial charge >= 0.3 is 0 Å². The second kappa shape index (κ2) is 6.87. The number of amides is 2. The first-order valence-corrected chi connectivity index (χ1v) is 8.51. The molecule has 6 heteroatoms.